The number of benzene rings is 1. The van der Waals surface area contributed by atoms with E-state index < -0.39 is 17.5 Å². The van der Waals surface area contributed by atoms with Crippen LogP contribution in [0.1, 0.15) is 5.56 Å². The van der Waals surface area contributed by atoms with Gasteiger partial charge in [-0.1, -0.05) is 11.6 Å². The zero-order valence-corrected chi connectivity index (χ0v) is 9.89. The molecule has 0 aliphatic heterocycles. The summed E-state index contributed by atoms with van der Waals surface area (Å²) in [6.45, 7) is 1.61. The van der Waals surface area contributed by atoms with Gasteiger partial charge in [-0.05, 0) is 6.92 Å². The summed E-state index contributed by atoms with van der Waals surface area (Å²) in [4.78, 5) is 7.56. The molecule has 0 fully saturated rings. The van der Waals surface area contributed by atoms with Gasteiger partial charge in [0.1, 0.15) is 23.1 Å². The molecule has 7 heteroatoms. The second-order valence-electron chi connectivity index (χ2n) is 3.51. The van der Waals surface area contributed by atoms with Crippen LogP contribution in [0, 0.1) is 24.4 Å². The molecule has 1 heterocycles. The molecule has 94 valence electrons. The first kappa shape index (κ1) is 12.6. The fraction of sp³-hybridized carbons (Fsp3) is 0.0909. The second kappa shape index (κ2) is 4.81. The van der Waals surface area contributed by atoms with Gasteiger partial charge in [-0.2, -0.15) is 0 Å². The van der Waals surface area contributed by atoms with Gasteiger partial charge in [0.05, 0.1) is 5.69 Å². The minimum atomic E-state index is -1.25. The molecule has 0 bridgehead atoms. The van der Waals surface area contributed by atoms with Gasteiger partial charge in [-0.25, -0.2) is 23.1 Å². The van der Waals surface area contributed by atoms with Gasteiger partial charge in [0.2, 0.25) is 0 Å². The molecule has 0 atom stereocenters. The number of nitrogens with one attached hydrogen (secondary N) is 1. The molecule has 0 spiro atoms. The molecule has 18 heavy (non-hydrogen) atoms. The van der Waals surface area contributed by atoms with E-state index in [1.807, 2.05) is 0 Å². The molecule has 1 aromatic carbocycles. The first-order chi connectivity index (χ1) is 8.49. The van der Waals surface area contributed by atoms with Gasteiger partial charge in [0, 0.05) is 17.7 Å². The fourth-order valence-electron chi connectivity index (χ4n) is 1.30. The lowest BCUT2D eigenvalue weighted by atomic mass is 10.2. The van der Waals surface area contributed by atoms with Gasteiger partial charge in [0.25, 0.3) is 0 Å². The van der Waals surface area contributed by atoms with Crippen LogP contribution in [-0.4, -0.2) is 9.97 Å². The summed E-state index contributed by atoms with van der Waals surface area (Å²) in [6, 6.07) is 1.16. The van der Waals surface area contributed by atoms with E-state index in [4.69, 9.17) is 11.6 Å². The normalized spacial score (nSPS) is 10.5. The third-order valence-electron chi connectivity index (χ3n) is 2.29. The molecule has 0 aliphatic carbocycles. The standard InChI is InChI=1S/C11H7ClF3N3/c1-5-10(12)16-4-17-11(5)18-9-3-7(14)6(13)2-8(9)15/h2-4H,1H3,(H,16,17,18). The highest BCUT2D eigenvalue weighted by molar-refractivity contribution is 6.30. The van der Waals surface area contributed by atoms with Gasteiger partial charge in [0.15, 0.2) is 11.6 Å². The van der Waals surface area contributed by atoms with E-state index in [-0.39, 0.29) is 16.7 Å². The van der Waals surface area contributed by atoms with Crippen LogP contribution in [0.4, 0.5) is 24.7 Å². The Morgan fingerprint density at radius 3 is 2.44 bits per heavy atom. The van der Waals surface area contributed by atoms with Crippen molar-refractivity contribution in [3.8, 4) is 0 Å². The van der Waals surface area contributed by atoms with E-state index in [2.05, 4.69) is 15.3 Å². The van der Waals surface area contributed by atoms with Crippen LogP contribution < -0.4 is 5.32 Å². The van der Waals surface area contributed by atoms with E-state index in [0.29, 0.717) is 17.7 Å². The molecule has 0 amide bonds. The zero-order valence-electron chi connectivity index (χ0n) is 9.14. The summed E-state index contributed by atoms with van der Waals surface area (Å²) in [6.07, 6.45) is 1.18. The highest BCUT2D eigenvalue weighted by Crippen LogP contribution is 2.25. The van der Waals surface area contributed by atoms with Crippen LogP contribution in [-0.2, 0) is 0 Å². The van der Waals surface area contributed by atoms with E-state index in [9.17, 15) is 13.2 Å². The summed E-state index contributed by atoms with van der Waals surface area (Å²) >= 11 is 5.76. The van der Waals surface area contributed by atoms with E-state index in [1.165, 1.54) is 6.33 Å². The van der Waals surface area contributed by atoms with Crippen molar-refractivity contribution >= 4 is 23.1 Å². The Balaban J connectivity index is 2.40. The Morgan fingerprint density at radius 2 is 1.72 bits per heavy atom. The monoisotopic (exact) mass is 273 g/mol. The molecule has 0 saturated carbocycles. The van der Waals surface area contributed by atoms with Crippen molar-refractivity contribution in [3.63, 3.8) is 0 Å². The Labute approximate surface area is 106 Å². The molecule has 2 rings (SSSR count). The van der Waals surface area contributed by atoms with Crippen LogP contribution >= 0.6 is 11.6 Å². The number of halogens is 4. The van der Waals surface area contributed by atoms with Crippen molar-refractivity contribution in [3.05, 3.63) is 46.6 Å². The Kier molecular flexibility index (Phi) is 3.38. The number of rotatable bonds is 2. The molecule has 3 nitrogen and oxygen atoms in total. The predicted molar refractivity (Wildman–Crippen MR) is 61.4 cm³/mol. The molecule has 1 N–H and O–H groups in total. The number of nitrogens with zero attached hydrogens (tertiary/aromatic N) is 2. The highest BCUT2D eigenvalue weighted by Gasteiger charge is 2.12. The largest absolute Gasteiger partial charge is 0.337 e. The van der Waals surface area contributed by atoms with Crippen molar-refractivity contribution in [1.82, 2.24) is 9.97 Å². The average Bonchev–Trinajstić information content (AvgIpc) is 2.32. The maximum Gasteiger partial charge on any atom is 0.161 e. The third-order valence-corrected chi connectivity index (χ3v) is 2.67. The molecule has 0 unspecified atom stereocenters. The lowest BCUT2D eigenvalue weighted by Gasteiger charge is -2.09. The zero-order chi connectivity index (χ0) is 13.3. The van der Waals surface area contributed by atoms with Crippen LogP contribution in [0.2, 0.25) is 5.15 Å². The Hall–Kier alpha value is -1.82. The summed E-state index contributed by atoms with van der Waals surface area (Å²) in [5.41, 5.74) is 0.245. The summed E-state index contributed by atoms with van der Waals surface area (Å²) in [5.74, 6) is -3.12. The van der Waals surface area contributed by atoms with Crippen molar-refractivity contribution in [2.45, 2.75) is 6.92 Å². The lowest BCUT2D eigenvalue weighted by Crippen LogP contribution is -2.01. The smallest absolute Gasteiger partial charge is 0.161 e. The molecule has 0 radical (unpaired) electrons. The second-order valence-corrected chi connectivity index (χ2v) is 3.87. The molecule has 2 aromatic rings. The predicted octanol–water partition coefficient (Wildman–Crippen LogP) is 3.60. The van der Waals surface area contributed by atoms with Gasteiger partial charge < -0.3 is 5.32 Å². The van der Waals surface area contributed by atoms with Crippen LogP contribution in [0.5, 0.6) is 0 Å². The SMILES string of the molecule is Cc1c(Cl)ncnc1Nc1cc(F)c(F)cc1F. The summed E-state index contributed by atoms with van der Waals surface area (Å²) in [5, 5.41) is 2.72. The number of anilines is 2. The maximum atomic E-state index is 13.4. The number of aromatic nitrogens is 2. The molecular weight excluding hydrogens is 267 g/mol. The third kappa shape index (κ3) is 2.38. The van der Waals surface area contributed by atoms with Crippen molar-refractivity contribution in [2.75, 3.05) is 5.32 Å². The average molecular weight is 274 g/mol. The number of hydrogen-bond acceptors (Lipinski definition) is 3. The Morgan fingerprint density at radius 1 is 1.06 bits per heavy atom. The molecule has 1 aromatic heterocycles. The van der Waals surface area contributed by atoms with Crippen molar-refractivity contribution in [2.24, 2.45) is 0 Å². The van der Waals surface area contributed by atoms with Gasteiger partial charge >= 0.3 is 0 Å². The summed E-state index contributed by atoms with van der Waals surface area (Å²) < 4.78 is 39.2. The molecule has 0 aliphatic rings. The first-order valence-electron chi connectivity index (χ1n) is 4.87. The van der Waals surface area contributed by atoms with Gasteiger partial charge in [-0.15, -0.1) is 0 Å². The maximum absolute atomic E-state index is 13.4. The van der Waals surface area contributed by atoms with E-state index in [0.717, 1.165) is 0 Å². The van der Waals surface area contributed by atoms with Crippen molar-refractivity contribution in [1.29, 1.82) is 0 Å². The highest BCUT2D eigenvalue weighted by atomic mass is 35.5. The quantitative estimate of drug-likeness (QED) is 0.671. The van der Waals surface area contributed by atoms with Crippen LogP contribution in [0.15, 0.2) is 18.5 Å². The number of hydrogen-bond donors (Lipinski definition) is 1. The minimum absolute atomic E-state index is 0.190. The summed E-state index contributed by atoms with van der Waals surface area (Å²) in [7, 11) is 0. The van der Waals surface area contributed by atoms with E-state index in [1.54, 1.807) is 6.92 Å². The van der Waals surface area contributed by atoms with Crippen LogP contribution in [0.25, 0.3) is 0 Å². The molecule has 0 saturated heterocycles. The fourth-order valence-corrected chi connectivity index (χ4v) is 1.43. The molecular formula is C11H7ClF3N3. The Bertz CT molecular complexity index is 604. The van der Waals surface area contributed by atoms with Crippen molar-refractivity contribution < 1.29 is 13.2 Å². The van der Waals surface area contributed by atoms with E-state index >= 15 is 0 Å². The van der Waals surface area contributed by atoms with Gasteiger partial charge in [-0.3, -0.25) is 0 Å². The topological polar surface area (TPSA) is 37.8 Å². The first-order valence-corrected chi connectivity index (χ1v) is 5.25. The van der Waals surface area contributed by atoms with Crippen LogP contribution in [0.3, 0.4) is 0 Å². The minimum Gasteiger partial charge on any atom is -0.337 e. The lowest BCUT2D eigenvalue weighted by molar-refractivity contribution is 0.496.